The highest BCUT2D eigenvalue weighted by molar-refractivity contribution is 6.14. The van der Waals surface area contributed by atoms with Crippen molar-refractivity contribution < 1.29 is 23.1 Å². The maximum absolute atomic E-state index is 15.7. The van der Waals surface area contributed by atoms with Crippen LogP contribution in [-0.2, 0) is 18.8 Å². The molecule has 1 N–H and O–H groups in total. The number of rotatable bonds is 5. The average molecular weight is 568 g/mol. The summed E-state index contributed by atoms with van der Waals surface area (Å²) in [5.74, 6) is -2.00. The Morgan fingerprint density at radius 2 is 1.68 bits per heavy atom. The average Bonchev–Trinajstić information content (AvgIpc) is 3.45. The summed E-state index contributed by atoms with van der Waals surface area (Å²) in [5.41, 5.74) is 0.578. The second-order valence-corrected chi connectivity index (χ2v) is 11.4. The van der Waals surface area contributed by atoms with Crippen LogP contribution in [0.3, 0.4) is 0 Å². The van der Waals surface area contributed by atoms with Crippen LogP contribution in [0.25, 0.3) is 21.8 Å². The summed E-state index contributed by atoms with van der Waals surface area (Å²) in [6, 6.07) is 4.08. The Bertz CT molecular complexity index is 1630. The summed E-state index contributed by atoms with van der Waals surface area (Å²) in [5, 5.41) is 12.2. The van der Waals surface area contributed by atoms with Crippen molar-refractivity contribution in [3.8, 4) is 0 Å². The molecule has 2 aromatic carbocycles. The van der Waals surface area contributed by atoms with Crippen molar-refractivity contribution in [3.63, 3.8) is 0 Å². The molecule has 0 spiro atoms. The fourth-order valence-corrected chi connectivity index (χ4v) is 5.46. The Hall–Kier alpha value is -4.22. The maximum atomic E-state index is 15.7. The molecule has 1 aliphatic rings. The molecule has 0 aliphatic carbocycles. The lowest BCUT2D eigenvalue weighted by Crippen LogP contribution is -2.48. The van der Waals surface area contributed by atoms with Gasteiger partial charge in [0.1, 0.15) is 28.3 Å². The zero-order chi connectivity index (χ0) is 29.6. The SMILES string of the molecule is CCN(C(=O)OC(C)(C)C)C1CCN(c2cc(F)c(C(=O)Nc3cc(F)c4cn(C)nc4c3)c3nn(C)cc23)CC1. The minimum Gasteiger partial charge on any atom is -0.444 e. The highest BCUT2D eigenvalue weighted by atomic mass is 19.1. The van der Waals surface area contributed by atoms with Gasteiger partial charge >= 0.3 is 6.09 Å². The Labute approximate surface area is 236 Å². The van der Waals surface area contributed by atoms with Crippen LogP contribution < -0.4 is 10.2 Å². The van der Waals surface area contributed by atoms with Crippen molar-refractivity contribution >= 4 is 45.2 Å². The van der Waals surface area contributed by atoms with E-state index >= 15 is 4.39 Å². The van der Waals surface area contributed by atoms with E-state index in [9.17, 15) is 14.0 Å². The molecule has 1 fully saturated rings. The molecule has 4 aromatic rings. The molecule has 218 valence electrons. The standard InChI is InChI=1S/C29H35F2N7O3/c1-7-38(28(40)41-29(2,3)4)18-8-10-37(11-9-18)24-14-22(31)25(26-20(24)16-36(6)34-26)27(39)32-17-12-21(30)19-15-35(5)33-23(19)13-17/h12-16,18H,7-11H2,1-6H3,(H,32,39). The first-order valence-corrected chi connectivity index (χ1v) is 13.7. The van der Waals surface area contributed by atoms with E-state index in [1.54, 1.807) is 37.5 Å². The van der Waals surface area contributed by atoms with Gasteiger partial charge in [0.15, 0.2) is 0 Å². The van der Waals surface area contributed by atoms with E-state index in [4.69, 9.17) is 4.74 Å². The number of nitrogens with one attached hydrogen (secondary N) is 1. The highest BCUT2D eigenvalue weighted by Crippen LogP contribution is 2.34. The number of halogens is 2. The third-order valence-corrected chi connectivity index (χ3v) is 7.23. The Morgan fingerprint density at radius 1 is 1.02 bits per heavy atom. The molecule has 1 saturated heterocycles. The van der Waals surface area contributed by atoms with Crippen molar-refractivity contribution in [1.82, 2.24) is 24.5 Å². The molecule has 5 rings (SSSR count). The van der Waals surface area contributed by atoms with E-state index < -0.39 is 23.1 Å². The van der Waals surface area contributed by atoms with Gasteiger partial charge in [0.05, 0.1) is 16.6 Å². The maximum Gasteiger partial charge on any atom is 0.410 e. The van der Waals surface area contributed by atoms with Gasteiger partial charge in [0, 0.05) is 63.2 Å². The summed E-state index contributed by atoms with van der Waals surface area (Å²) in [6.07, 6.45) is 4.33. The van der Waals surface area contributed by atoms with Gasteiger partial charge in [-0.2, -0.15) is 10.2 Å². The van der Waals surface area contributed by atoms with Gasteiger partial charge in [-0.15, -0.1) is 0 Å². The van der Waals surface area contributed by atoms with E-state index in [1.165, 1.54) is 21.5 Å². The number of hydrogen-bond donors (Lipinski definition) is 1. The molecule has 2 amide bonds. The van der Waals surface area contributed by atoms with E-state index in [2.05, 4.69) is 20.4 Å². The van der Waals surface area contributed by atoms with Crippen LogP contribution in [0.2, 0.25) is 0 Å². The number of aryl methyl sites for hydroxylation is 2. The topological polar surface area (TPSA) is 97.5 Å². The van der Waals surface area contributed by atoms with Crippen LogP contribution >= 0.6 is 0 Å². The van der Waals surface area contributed by atoms with Gasteiger partial charge in [-0.25, -0.2) is 13.6 Å². The predicted molar refractivity (Wildman–Crippen MR) is 153 cm³/mol. The lowest BCUT2D eigenvalue weighted by molar-refractivity contribution is 0.0149. The first-order chi connectivity index (χ1) is 19.3. The molecule has 0 saturated carbocycles. The molecule has 2 aromatic heterocycles. The number of aromatic nitrogens is 4. The molecule has 41 heavy (non-hydrogen) atoms. The molecular weight excluding hydrogens is 532 g/mol. The zero-order valence-corrected chi connectivity index (χ0v) is 24.2. The number of amides is 2. The number of carbonyl (C=O) groups excluding carboxylic acids is 2. The molecule has 0 radical (unpaired) electrons. The molecule has 0 unspecified atom stereocenters. The minimum absolute atomic E-state index is 0.00206. The van der Waals surface area contributed by atoms with Crippen LogP contribution in [0.4, 0.5) is 25.0 Å². The second-order valence-electron chi connectivity index (χ2n) is 11.4. The lowest BCUT2D eigenvalue weighted by atomic mass is 10.0. The summed E-state index contributed by atoms with van der Waals surface area (Å²) >= 11 is 0. The number of anilines is 2. The normalized spacial score (nSPS) is 14.6. The van der Waals surface area contributed by atoms with E-state index in [0.29, 0.717) is 54.5 Å². The predicted octanol–water partition coefficient (Wildman–Crippen LogP) is 5.22. The fraction of sp³-hybridized carbons (Fsp3) is 0.448. The molecule has 0 atom stereocenters. The van der Waals surface area contributed by atoms with E-state index in [-0.39, 0.29) is 28.9 Å². The third kappa shape index (κ3) is 5.68. The quantitative estimate of drug-likeness (QED) is 0.355. The van der Waals surface area contributed by atoms with Crippen molar-refractivity contribution in [1.29, 1.82) is 0 Å². The van der Waals surface area contributed by atoms with Crippen molar-refractivity contribution in [2.24, 2.45) is 14.1 Å². The van der Waals surface area contributed by atoms with Gasteiger partial charge in [0.2, 0.25) is 0 Å². The fourth-order valence-electron chi connectivity index (χ4n) is 5.46. The Morgan fingerprint density at radius 3 is 2.34 bits per heavy atom. The first kappa shape index (κ1) is 28.3. The number of carbonyl (C=O) groups is 2. The Balaban J connectivity index is 1.38. The summed E-state index contributed by atoms with van der Waals surface area (Å²) in [4.78, 5) is 29.9. The number of nitrogens with zero attached hydrogens (tertiary/aromatic N) is 6. The van der Waals surface area contributed by atoms with Crippen LogP contribution in [0, 0.1) is 11.6 Å². The molecule has 12 heteroatoms. The molecule has 1 aliphatic heterocycles. The van der Waals surface area contributed by atoms with Gasteiger partial charge < -0.3 is 19.9 Å². The van der Waals surface area contributed by atoms with E-state index in [0.717, 1.165) is 0 Å². The van der Waals surface area contributed by atoms with Gasteiger partial charge in [-0.3, -0.25) is 14.2 Å². The molecule has 0 bridgehead atoms. The highest BCUT2D eigenvalue weighted by Gasteiger charge is 2.32. The number of fused-ring (bicyclic) bond motifs is 2. The second kappa shape index (κ2) is 10.6. The minimum atomic E-state index is -0.734. The van der Waals surface area contributed by atoms with Crippen LogP contribution in [0.15, 0.2) is 30.6 Å². The number of benzene rings is 2. The number of piperidine rings is 1. The van der Waals surface area contributed by atoms with Gasteiger partial charge in [-0.05, 0) is 58.7 Å². The largest absolute Gasteiger partial charge is 0.444 e. The monoisotopic (exact) mass is 567 g/mol. The third-order valence-electron chi connectivity index (χ3n) is 7.23. The van der Waals surface area contributed by atoms with Crippen molar-refractivity contribution in [2.75, 3.05) is 29.9 Å². The van der Waals surface area contributed by atoms with Crippen molar-refractivity contribution in [3.05, 3.63) is 47.8 Å². The zero-order valence-electron chi connectivity index (χ0n) is 24.2. The lowest BCUT2D eigenvalue weighted by Gasteiger charge is -2.39. The van der Waals surface area contributed by atoms with Crippen LogP contribution in [0.5, 0.6) is 0 Å². The Kier molecular flexibility index (Phi) is 7.35. The molecule has 3 heterocycles. The summed E-state index contributed by atoms with van der Waals surface area (Å²) in [7, 11) is 3.38. The number of ether oxygens (including phenoxy) is 1. The molecular formula is C29H35F2N7O3. The summed E-state index contributed by atoms with van der Waals surface area (Å²) in [6.45, 7) is 9.16. The van der Waals surface area contributed by atoms with E-state index in [1.807, 2.05) is 27.7 Å². The van der Waals surface area contributed by atoms with Gasteiger partial charge in [0.25, 0.3) is 5.91 Å². The van der Waals surface area contributed by atoms with Crippen LogP contribution in [-0.4, -0.2) is 67.7 Å². The smallest absolute Gasteiger partial charge is 0.410 e. The summed E-state index contributed by atoms with van der Waals surface area (Å²) < 4.78 is 38.9. The van der Waals surface area contributed by atoms with Crippen molar-refractivity contribution in [2.45, 2.75) is 52.2 Å². The first-order valence-electron chi connectivity index (χ1n) is 13.7. The number of hydrogen-bond acceptors (Lipinski definition) is 6. The van der Waals surface area contributed by atoms with Gasteiger partial charge in [-0.1, -0.05) is 0 Å². The molecule has 10 nitrogen and oxygen atoms in total. The van der Waals surface area contributed by atoms with Crippen LogP contribution in [0.1, 0.15) is 50.9 Å².